The van der Waals surface area contributed by atoms with Gasteiger partial charge in [-0.25, -0.2) is 4.98 Å². The van der Waals surface area contributed by atoms with Crippen molar-refractivity contribution in [1.29, 1.82) is 0 Å². The van der Waals surface area contributed by atoms with Gasteiger partial charge in [0.2, 0.25) is 17.7 Å². The molecular weight excluding hydrogens is 534 g/mol. The number of carbonyl (C=O) groups is 3. The Morgan fingerprint density at radius 1 is 1.05 bits per heavy atom. The van der Waals surface area contributed by atoms with Gasteiger partial charge < -0.3 is 20.9 Å². The fourth-order valence-electron chi connectivity index (χ4n) is 4.88. The third kappa shape index (κ3) is 8.71. The summed E-state index contributed by atoms with van der Waals surface area (Å²) >= 11 is 1.55. The first-order chi connectivity index (χ1) is 19.7. The van der Waals surface area contributed by atoms with Gasteiger partial charge in [-0.05, 0) is 49.1 Å². The van der Waals surface area contributed by atoms with Gasteiger partial charge in [-0.1, -0.05) is 63.2 Å². The van der Waals surface area contributed by atoms with Crippen LogP contribution >= 0.6 is 11.3 Å². The minimum atomic E-state index is -0.781. The van der Waals surface area contributed by atoms with E-state index in [-0.39, 0.29) is 43.1 Å². The van der Waals surface area contributed by atoms with E-state index in [9.17, 15) is 14.4 Å². The first-order valence-electron chi connectivity index (χ1n) is 14.4. The lowest BCUT2D eigenvalue weighted by Crippen LogP contribution is -2.53. The molecule has 9 heteroatoms. The van der Waals surface area contributed by atoms with Crippen molar-refractivity contribution in [2.24, 2.45) is 0 Å². The Morgan fingerprint density at radius 3 is 2.54 bits per heavy atom. The average Bonchev–Trinajstić information content (AvgIpc) is 3.37. The van der Waals surface area contributed by atoms with Gasteiger partial charge in [0.25, 0.3) is 0 Å². The molecule has 2 aromatic carbocycles. The van der Waals surface area contributed by atoms with Gasteiger partial charge in [-0.2, -0.15) is 0 Å². The normalized spacial score (nSPS) is 15.3. The molecule has 0 saturated heterocycles. The van der Waals surface area contributed by atoms with Crippen molar-refractivity contribution < 1.29 is 14.4 Å². The van der Waals surface area contributed by atoms with E-state index in [0.717, 1.165) is 39.3 Å². The highest BCUT2D eigenvalue weighted by Gasteiger charge is 2.26. The molecule has 3 aromatic rings. The molecule has 0 radical (unpaired) electrons. The second-order valence-electron chi connectivity index (χ2n) is 11.0. The molecule has 0 aliphatic carbocycles. The number of likely N-dealkylation sites (N-methyl/N-ethyl adjacent to an activating group) is 1. The third-order valence-corrected chi connectivity index (χ3v) is 8.33. The molecule has 2 atom stereocenters. The van der Waals surface area contributed by atoms with Gasteiger partial charge in [-0.3, -0.25) is 14.4 Å². The van der Waals surface area contributed by atoms with Crippen LogP contribution in [0.3, 0.4) is 0 Å². The van der Waals surface area contributed by atoms with Crippen LogP contribution < -0.4 is 16.0 Å². The Balaban J connectivity index is 1.50. The maximum atomic E-state index is 13.7. The van der Waals surface area contributed by atoms with E-state index in [2.05, 4.69) is 46.8 Å². The molecule has 41 heavy (non-hydrogen) atoms. The number of rotatable bonds is 12. The lowest BCUT2D eigenvalue weighted by molar-refractivity contribution is -0.129. The quantitative estimate of drug-likeness (QED) is 0.303. The van der Waals surface area contributed by atoms with Gasteiger partial charge in [-0.15, -0.1) is 11.3 Å². The van der Waals surface area contributed by atoms with Crippen LogP contribution in [0.25, 0.3) is 10.2 Å². The van der Waals surface area contributed by atoms with Crippen LogP contribution in [0.15, 0.2) is 60.2 Å². The predicted molar refractivity (Wildman–Crippen MR) is 165 cm³/mol. The Morgan fingerprint density at radius 2 is 1.83 bits per heavy atom. The van der Waals surface area contributed by atoms with Crippen LogP contribution in [0, 0.1) is 0 Å². The van der Waals surface area contributed by atoms with Gasteiger partial charge in [0.1, 0.15) is 6.04 Å². The monoisotopic (exact) mass is 575 g/mol. The third-order valence-electron chi connectivity index (χ3n) is 7.29. The SMILES string of the molecule is CCC(=O)N[C@@H](Cc1nc2ccc(C(C)C)cc2s1)C(=O)N[C@H](CNC(=O)C1=CCCN(C)C1)Cc1ccccc1. The van der Waals surface area contributed by atoms with Crippen molar-refractivity contribution in [3.63, 3.8) is 0 Å². The fourth-order valence-corrected chi connectivity index (χ4v) is 5.94. The van der Waals surface area contributed by atoms with Gasteiger partial charge in [0.05, 0.1) is 21.3 Å². The molecular formula is C32H41N5O3S. The first-order valence-corrected chi connectivity index (χ1v) is 15.2. The number of thiazole rings is 1. The summed E-state index contributed by atoms with van der Waals surface area (Å²) in [5.74, 6) is -0.199. The molecule has 1 aromatic heterocycles. The predicted octanol–water partition coefficient (Wildman–Crippen LogP) is 3.96. The minimum absolute atomic E-state index is 0.116. The summed E-state index contributed by atoms with van der Waals surface area (Å²) in [5.41, 5.74) is 3.92. The summed E-state index contributed by atoms with van der Waals surface area (Å²) in [6, 6.07) is 15.0. The lowest BCUT2D eigenvalue weighted by atomic mass is 10.0. The first kappa shape index (κ1) is 30.4. The van der Waals surface area contributed by atoms with Crippen molar-refractivity contribution in [2.75, 3.05) is 26.7 Å². The summed E-state index contributed by atoms with van der Waals surface area (Å²) < 4.78 is 1.07. The lowest BCUT2D eigenvalue weighted by Gasteiger charge is -2.25. The number of nitrogens with zero attached hydrogens (tertiary/aromatic N) is 2. The molecule has 0 fully saturated rings. The number of amides is 3. The number of aromatic nitrogens is 1. The molecule has 3 amide bonds. The van der Waals surface area contributed by atoms with E-state index in [1.807, 2.05) is 49.5 Å². The largest absolute Gasteiger partial charge is 0.350 e. The van der Waals surface area contributed by atoms with E-state index >= 15 is 0 Å². The minimum Gasteiger partial charge on any atom is -0.350 e. The number of carbonyl (C=O) groups excluding carboxylic acids is 3. The Bertz CT molecular complexity index is 1380. The number of nitrogens with one attached hydrogen (secondary N) is 3. The highest BCUT2D eigenvalue weighted by atomic mass is 32.1. The van der Waals surface area contributed by atoms with Crippen LogP contribution in [-0.2, 0) is 27.2 Å². The van der Waals surface area contributed by atoms with E-state index < -0.39 is 6.04 Å². The molecule has 0 bridgehead atoms. The summed E-state index contributed by atoms with van der Waals surface area (Å²) in [5, 5.41) is 9.83. The number of fused-ring (bicyclic) bond motifs is 1. The highest BCUT2D eigenvalue weighted by molar-refractivity contribution is 7.18. The standard InChI is InChI=1S/C32H41N5O3S/c1-5-29(38)35-27(18-30-36-26-14-13-23(21(2)3)17-28(26)41-30)32(40)34-25(16-22-10-7-6-8-11-22)19-33-31(39)24-12-9-15-37(4)20-24/h6-8,10-14,17,21,25,27H,5,9,15-16,18-20H2,1-4H3,(H,33,39)(H,34,40)(H,35,38)/t25-,27-/m0/s1. The molecule has 8 nitrogen and oxygen atoms in total. The topological polar surface area (TPSA) is 103 Å². The van der Waals surface area contributed by atoms with Gasteiger partial charge >= 0.3 is 0 Å². The fraction of sp³-hybridized carbons (Fsp3) is 0.438. The summed E-state index contributed by atoms with van der Waals surface area (Å²) in [4.78, 5) is 45.9. The van der Waals surface area contributed by atoms with Crippen molar-refractivity contribution in [3.8, 4) is 0 Å². The summed E-state index contributed by atoms with van der Waals surface area (Å²) in [6.45, 7) is 7.88. The zero-order valence-electron chi connectivity index (χ0n) is 24.4. The molecule has 3 N–H and O–H groups in total. The maximum absolute atomic E-state index is 13.7. The van der Waals surface area contributed by atoms with Crippen LogP contribution in [0.1, 0.15) is 55.7 Å². The number of hydrogen-bond donors (Lipinski definition) is 3. The zero-order chi connectivity index (χ0) is 29.4. The molecule has 0 unspecified atom stereocenters. The molecule has 0 spiro atoms. The molecule has 2 heterocycles. The smallest absolute Gasteiger partial charge is 0.248 e. The van der Waals surface area contributed by atoms with Gasteiger partial charge in [0, 0.05) is 38.0 Å². The van der Waals surface area contributed by atoms with Crippen molar-refractivity contribution in [2.45, 2.75) is 64.5 Å². The molecule has 1 aliphatic rings. The van der Waals surface area contributed by atoms with E-state index in [1.54, 1.807) is 18.3 Å². The Labute approximate surface area is 246 Å². The van der Waals surface area contributed by atoms with Crippen LogP contribution in [-0.4, -0.2) is 66.4 Å². The summed E-state index contributed by atoms with van der Waals surface area (Å²) in [7, 11) is 2.00. The van der Waals surface area contributed by atoms with E-state index in [4.69, 9.17) is 4.98 Å². The Hall–Kier alpha value is -3.56. The van der Waals surface area contributed by atoms with Gasteiger partial charge in [0.15, 0.2) is 0 Å². The molecule has 218 valence electrons. The molecule has 1 aliphatic heterocycles. The molecule has 4 rings (SSSR count). The Kier molecular flexibility index (Phi) is 10.7. The van der Waals surface area contributed by atoms with Crippen LogP contribution in [0.5, 0.6) is 0 Å². The number of hydrogen-bond acceptors (Lipinski definition) is 6. The highest BCUT2D eigenvalue weighted by Crippen LogP contribution is 2.27. The average molecular weight is 576 g/mol. The van der Waals surface area contributed by atoms with E-state index in [0.29, 0.717) is 18.9 Å². The number of benzene rings is 2. The second-order valence-corrected chi connectivity index (χ2v) is 12.1. The van der Waals surface area contributed by atoms with Crippen LogP contribution in [0.4, 0.5) is 0 Å². The van der Waals surface area contributed by atoms with E-state index in [1.165, 1.54) is 5.56 Å². The van der Waals surface area contributed by atoms with Crippen molar-refractivity contribution >= 4 is 39.3 Å². The summed E-state index contributed by atoms with van der Waals surface area (Å²) in [6.07, 6.45) is 3.93. The van der Waals surface area contributed by atoms with Crippen molar-refractivity contribution in [1.82, 2.24) is 25.8 Å². The van der Waals surface area contributed by atoms with Crippen molar-refractivity contribution in [3.05, 3.63) is 76.3 Å². The second kappa shape index (κ2) is 14.4. The maximum Gasteiger partial charge on any atom is 0.248 e. The zero-order valence-corrected chi connectivity index (χ0v) is 25.2. The molecule has 0 saturated carbocycles. The van der Waals surface area contributed by atoms with Crippen LogP contribution in [0.2, 0.25) is 0 Å².